The highest BCUT2D eigenvalue weighted by atomic mass is 16.5. The molecule has 0 amide bonds. The van der Waals surface area contributed by atoms with Crippen molar-refractivity contribution in [3.63, 3.8) is 0 Å². The van der Waals surface area contributed by atoms with Gasteiger partial charge in [0.25, 0.3) is 0 Å². The third-order valence-corrected chi connectivity index (χ3v) is 3.00. The lowest BCUT2D eigenvalue weighted by Crippen LogP contribution is -2.29. The number of aryl methyl sites for hydroxylation is 1. The highest BCUT2D eigenvalue weighted by molar-refractivity contribution is 5.37. The average Bonchev–Trinajstić information content (AvgIpc) is 2.31. The molecule has 0 radical (unpaired) electrons. The number of hydrogen-bond acceptors (Lipinski definition) is 3. The molecule has 0 spiro atoms. The second-order valence-corrected chi connectivity index (χ2v) is 4.27. The van der Waals surface area contributed by atoms with E-state index in [0.29, 0.717) is 6.42 Å². The zero-order valence-electron chi connectivity index (χ0n) is 11.1. The lowest BCUT2D eigenvalue weighted by molar-refractivity contribution is -0.0130. The molecule has 1 N–H and O–H groups in total. The lowest BCUT2D eigenvalue weighted by Gasteiger charge is -2.21. The first kappa shape index (κ1) is 14.0. The van der Waals surface area contributed by atoms with Crippen molar-refractivity contribution < 1.29 is 14.6 Å². The second-order valence-electron chi connectivity index (χ2n) is 4.27. The Morgan fingerprint density at radius 1 is 1.29 bits per heavy atom. The van der Waals surface area contributed by atoms with Crippen molar-refractivity contribution >= 4 is 0 Å². The molecular weight excluding hydrogens is 216 g/mol. The van der Waals surface area contributed by atoms with Crippen molar-refractivity contribution in [3.8, 4) is 5.75 Å². The van der Waals surface area contributed by atoms with E-state index in [1.165, 1.54) is 5.56 Å². The molecular formula is C14H22O3. The standard InChI is InChI=1S/C14H22O3/c1-5-13(16-3)12(15)9-11-8-10(2)6-7-14(11)17-4/h6-8,12-13,15H,5,9H2,1-4H3. The third-order valence-electron chi connectivity index (χ3n) is 3.00. The van der Waals surface area contributed by atoms with Crippen molar-refractivity contribution in [2.45, 2.75) is 38.9 Å². The Morgan fingerprint density at radius 3 is 2.53 bits per heavy atom. The van der Waals surface area contributed by atoms with Gasteiger partial charge in [-0.3, -0.25) is 0 Å². The molecule has 3 nitrogen and oxygen atoms in total. The highest BCUT2D eigenvalue weighted by Gasteiger charge is 2.18. The van der Waals surface area contributed by atoms with E-state index in [4.69, 9.17) is 9.47 Å². The molecule has 1 aromatic carbocycles. The SMILES string of the molecule is CCC(OC)C(O)Cc1cc(C)ccc1OC. The smallest absolute Gasteiger partial charge is 0.122 e. The van der Waals surface area contributed by atoms with Crippen molar-refractivity contribution in [2.75, 3.05) is 14.2 Å². The maximum absolute atomic E-state index is 10.1. The van der Waals surface area contributed by atoms with E-state index in [2.05, 4.69) is 0 Å². The number of benzene rings is 1. The quantitative estimate of drug-likeness (QED) is 0.826. The van der Waals surface area contributed by atoms with Crippen molar-refractivity contribution in [3.05, 3.63) is 29.3 Å². The molecule has 0 bridgehead atoms. The molecule has 2 atom stereocenters. The lowest BCUT2D eigenvalue weighted by atomic mass is 10.00. The highest BCUT2D eigenvalue weighted by Crippen LogP contribution is 2.22. The molecule has 2 unspecified atom stereocenters. The molecule has 0 saturated heterocycles. The Hall–Kier alpha value is -1.06. The van der Waals surface area contributed by atoms with Crippen LogP contribution < -0.4 is 4.74 Å². The monoisotopic (exact) mass is 238 g/mol. The molecule has 96 valence electrons. The van der Waals surface area contributed by atoms with E-state index in [0.717, 1.165) is 17.7 Å². The summed E-state index contributed by atoms with van der Waals surface area (Å²) in [5, 5.41) is 10.1. The van der Waals surface area contributed by atoms with Gasteiger partial charge in [0.05, 0.1) is 19.3 Å². The van der Waals surface area contributed by atoms with Crippen LogP contribution in [0.2, 0.25) is 0 Å². The van der Waals surface area contributed by atoms with E-state index in [1.807, 2.05) is 32.0 Å². The number of aliphatic hydroxyl groups excluding tert-OH is 1. The van der Waals surface area contributed by atoms with Crippen LogP contribution in [-0.4, -0.2) is 31.5 Å². The summed E-state index contributed by atoms with van der Waals surface area (Å²) in [6.45, 7) is 4.04. The predicted molar refractivity (Wildman–Crippen MR) is 68.5 cm³/mol. The largest absolute Gasteiger partial charge is 0.496 e. The van der Waals surface area contributed by atoms with Gasteiger partial charge in [-0.15, -0.1) is 0 Å². The number of aliphatic hydroxyl groups is 1. The van der Waals surface area contributed by atoms with E-state index < -0.39 is 6.10 Å². The van der Waals surface area contributed by atoms with Crippen LogP contribution in [0.3, 0.4) is 0 Å². The Balaban J connectivity index is 2.82. The fourth-order valence-corrected chi connectivity index (χ4v) is 2.02. The molecule has 0 aromatic heterocycles. The van der Waals surface area contributed by atoms with Gasteiger partial charge in [0.1, 0.15) is 5.75 Å². The van der Waals surface area contributed by atoms with Crippen LogP contribution >= 0.6 is 0 Å². The van der Waals surface area contributed by atoms with E-state index in [1.54, 1.807) is 14.2 Å². The normalized spacial score (nSPS) is 14.4. The number of methoxy groups -OCH3 is 2. The first-order valence-corrected chi connectivity index (χ1v) is 5.96. The number of rotatable bonds is 6. The summed E-state index contributed by atoms with van der Waals surface area (Å²) in [6.07, 6.45) is 0.726. The molecule has 3 heteroatoms. The summed E-state index contributed by atoms with van der Waals surface area (Å²) in [5.74, 6) is 0.820. The Morgan fingerprint density at radius 2 is 2.00 bits per heavy atom. The number of hydrogen-bond donors (Lipinski definition) is 1. The minimum Gasteiger partial charge on any atom is -0.496 e. The predicted octanol–water partition coefficient (Wildman–Crippen LogP) is 2.33. The van der Waals surface area contributed by atoms with Crippen molar-refractivity contribution in [2.24, 2.45) is 0 Å². The second kappa shape index (κ2) is 6.62. The van der Waals surface area contributed by atoms with Gasteiger partial charge in [-0.2, -0.15) is 0 Å². The van der Waals surface area contributed by atoms with Gasteiger partial charge >= 0.3 is 0 Å². The van der Waals surface area contributed by atoms with E-state index >= 15 is 0 Å². The Kier molecular flexibility index (Phi) is 5.45. The van der Waals surface area contributed by atoms with Crippen LogP contribution in [-0.2, 0) is 11.2 Å². The van der Waals surface area contributed by atoms with Gasteiger partial charge in [-0.25, -0.2) is 0 Å². The Bertz CT molecular complexity index is 345. The van der Waals surface area contributed by atoms with Crippen LogP contribution in [0.4, 0.5) is 0 Å². The fourth-order valence-electron chi connectivity index (χ4n) is 2.02. The summed E-state index contributed by atoms with van der Waals surface area (Å²) in [4.78, 5) is 0. The van der Waals surface area contributed by atoms with Crippen LogP contribution in [0.1, 0.15) is 24.5 Å². The van der Waals surface area contributed by atoms with Gasteiger partial charge < -0.3 is 14.6 Å². The van der Waals surface area contributed by atoms with Crippen molar-refractivity contribution in [1.82, 2.24) is 0 Å². The molecule has 0 aliphatic rings. The topological polar surface area (TPSA) is 38.7 Å². The van der Waals surface area contributed by atoms with Gasteiger partial charge in [0.2, 0.25) is 0 Å². The van der Waals surface area contributed by atoms with Crippen LogP contribution in [0.15, 0.2) is 18.2 Å². The van der Waals surface area contributed by atoms with Crippen LogP contribution in [0, 0.1) is 6.92 Å². The molecule has 1 rings (SSSR count). The van der Waals surface area contributed by atoms with Gasteiger partial charge in [-0.05, 0) is 25.0 Å². The molecule has 0 aliphatic carbocycles. The molecule has 1 aromatic rings. The number of ether oxygens (including phenoxy) is 2. The molecule has 0 aliphatic heterocycles. The maximum Gasteiger partial charge on any atom is 0.122 e. The summed E-state index contributed by atoms with van der Waals surface area (Å²) in [7, 11) is 3.28. The van der Waals surface area contributed by atoms with E-state index in [-0.39, 0.29) is 6.10 Å². The van der Waals surface area contributed by atoms with Gasteiger partial charge in [-0.1, -0.05) is 24.6 Å². The average molecular weight is 238 g/mol. The first-order chi connectivity index (χ1) is 8.12. The maximum atomic E-state index is 10.1. The van der Waals surface area contributed by atoms with E-state index in [9.17, 15) is 5.11 Å². The van der Waals surface area contributed by atoms with Gasteiger partial charge in [0.15, 0.2) is 0 Å². The minimum atomic E-state index is -0.499. The molecule has 0 heterocycles. The first-order valence-electron chi connectivity index (χ1n) is 5.96. The van der Waals surface area contributed by atoms with Crippen LogP contribution in [0.25, 0.3) is 0 Å². The minimum absolute atomic E-state index is 0.125. The fraction of sp³-hybridized carbons (Fsp3) is 0.571. The summed E-state index contributed by atoms with van der Waals surface area (Å²) in [5.41, 5.74) is 2.19. The summed E-state index contributed by atoms with van der Waals surface area (Å²) >= 11 is 0. The molecule has 17 heavy (non-hydrogen) atoms. The summed E-state index contributed by atoms with van der Waals surface area (Å²) < 4.78 is 10.5. The van der Waals surface area contributed by atoms with Crippen molar-refractivity contribution in [1.29, 1.82) is 0 Å². The zero-order valence-corrected chi connectivity index (χ0v) is 11.1. The molecule has 0 fully saturated rings. The Labute approximate surface area is 103 Å². The molecule has 0 saturated carbocycles. The zero-order chi connectivity index (χ0) is 12.8. The van der Waals surface area contributed by atoms with Gasteiger partial charge in [0, 0.05) is 13.5 Å². The summed E-state index contributed by atoms with van der Waals surface area (Å²) in [6, 6.07) is 5.98. The van der Waals surface area contributed by atoms with Crippen LogP contribution in [0.5, 0.6) is 5.75 Å². The third kappa shape index (κ3) is 3.72.